The monoisotopic (exact) mass is 379 g/mol. The Labute approximate surface area is 161 Å². The van der Waals surface area contributed by atoms with Gasteiger partial charge in [0, 0.05) is 17.0 Å². The van der Waals surface area contributed by atoms with E-state index in [2.05, 4.69) is 15.6 Å². The summed E-state index contributed by atoms with van der Waals surface area (Å²) < 4.78 is 0. The second-order valence-electron chi connectivity index (χ2n) is 5.59. The fourth-order valence-corrected chi connectivity index (χ4v) is 3.19. The van der Waals surface area contributed by atoms with Crippen LogP contribution in [0.1, 0.15) is 11.1 Å². The van der Waals surface area contributed by atoms with Crippen molar-refractivity contribution in [2.45, 2.75) is 6.92 Å². The molecular formula is C20H17N3OS2. The molecule has 0 unspecified atom stereocenters. The average molecular weight is 380 g/mol. The first-order valence-electron chi connectivity index (χ1n) is 7.98. The Hall–Kier alpha value is -2.83. The van der Waals surface area contributed by atoms with Gasteiger partial charge in [-0.2, -0.15) is 0 Å². The number of carbonyl (C=O) groups is 1. The molecule has 0 aliphatic heterocycles. The van der Waals surface area contributed by atoms with E-state index in [-0.39, 0.29) is 11.0 Å². The number of carbonyl (C=O) groups excluding carboxylic acids is 1. The molecule has 2 N–H and O–H groups in total. The second-order valence-corrected chi connectivity index (χ2v) is 6.86. The van der Waals surface area contributed by atoms with Crippen molar-refractivity contribution >= 4 is 45.8 Å². The van der Waals surface area contributed by atoms with Crippen molar-refractivity contribution in [1.82, 2.24) is 10.3 Å². The van der Waals surface area contributed by atoms with E-state index in [9.17, 15) is 4.79 Å². The van der Waals surface area contributed by atoms with Crippen LogP contribution < -0.4 is 10.6 Å². The first kappa shape index (κ1) is 18.0. The van der Waals surface area contributed by atoms with Gasteiger partial charge in [-0.05, 0) is 30.8 Å². The highest BCUT2D eigenvalue weighted by Gasteiger charge is 2.07. The number of aryl methyl sites for hydroxylation is 1. The Balaban J connectivity index is 1.56. The zero-order valence-electron chi connectivity index (χ0n) is 14.1. The first-order chi connectivity index (χ1) is 12.6. The van der Waals surface area contributed by atoms with Crippen LogP contribution in [0.4, 0.5) is 5.13 Å². The lowest BCUT2D eigenvalue weighted by atomic mass is 10.1. The molecule has 130 valence electrons. The standard InChI is InChI=1S/C20H17N3OS2/c1-14-7-10-16(11-8-14)17-13-26-20(21-17)23-19(25)22-18(24)12-9-15-5-3-2-4-6-15/h2-13H,1H3,(H2,21,22,23,24,25). The number of hydrogen-bond donors (Lipinski definition) is 2. The number of hydrogen-bond acceptors (Lipinski definition) is 4. The minimum atomic E-state index is -0.290. The molecule has 0 radical (unpaired) electrons. The summed E-state index contributed by atoms with van der Waals surface area (Å²) >= 11 is 6.61. The summed E-state index contributed by atoms with van der Waals surface area (Å²) in [6.07, 6.45) is 3.18. The maximum atomic E-state index is 11.9. The zero-order chi connectivity index (χ0) is 18.4. The van der Waals surface area contributed by atoms with Gasteiger partial charge in [-0.3, -0.25) is 10.1 Å². The molecule has 0 aliphatic carbocycles. The third kappa shape index (κ3) is 5.08. The van der Waals surface area contributed by atoms with E-state index >= 15 is 0 Å². The molecule has 4 nitrogen and oxygen atoms in total. The van der Waals surface area contributed by atoms with E-state index in [0.717, 1.165) is 16.8 Å². The molecule has 0 atom stereocenters. The third-order valence-electron chi connectivity index (χ3n) is 3.54. The molecule has 0 fully saturated rings. The summed E-state index contributed by atoms with van der Waals surface area (Å²) in [5.41, 5.74) is 4.07. The van der Waals surface area contributed by atoms with E-state index in [0.29, 0.717) is 5.13 Å². The Morgan fingerprint density at radius 3 is 2.58 bits per heavy atom. The summed E-state index contributed by atoms with van der Waals surface area (Å²) in [6.45, 7) is 2.05. The quantitative estimate of drug-likeness (QED) is 0.512. The van der Waals surface area contributed by atoms with E-state index in [4.69, 9.17) is 12.2 Å². The van der Waals surface area contributed by atoms with Gasteiger partial charge < -0.3 is 5.32 Å². The topological polar surface area (TPSA) is 54.0 Å². The summed E-state index contributed by atoms with van der Waals surface area (Å²) in [5.74, 6) is -0.290. The molecule has 1 aromatic heterocycles. The van der Waals surface area contributed by atoms with Crippen LogP contribution in [0.25, 0.3) is 17.3 Å². The molecule has 6 heteroatoms. The Morgan fingerprint density at radius 1 is 1.12 bits per heavy atom. The molecule has 26 heavy (non-hydrogen) atoms. The van der Waals surface area contributed by atoms with Crippen molar-refractivity contribution in [2.24, 2.45) is 0 Å². The molecule has 0 saturated carbocycles. The van der Waals surface area contributed by atoms with Crippen LogP contribution in [0.2, 0.25) is 0 Å². The van der Waals surface area contributed by atoms with Gasteiger partial charge in [0.2, 0.25) is 5.91 Å². The lowest BCUT2D eigenvalue weighted by molar-refractivity contribution is -0.115. The van der Waals surface area contributed by atoms with E-state index in [1.54, 1.807) is 6.08 Å². The number of benzene rings is 2. The molecular weight excluding hydrogens is 362 g/mol. The number of anilines is 1. The maximum absolute atomic E-state index is 11.9. The largest absolute Gasteiger partial charge is 0.308 e. The van der Waals surface area contributed by atoms with Gasteiger partial charge in [0.15, 0.2) is 10.2 Å². The molecule has 0 aliphatic rings. The van der Waals surface area contributed by atoms with Crippen LogP contribution in [-0.2, 0) is 4.79 Å². The second kappa shape index (κ2) is 8.51. The van der Waals surface area contributed by atoms with Gasteiger partial charge >= 0.3 is 0 Å². The fourth-order valence-electron chi connectivity index (χ4n) is 2.21. The smallest absolute Gasteiger partial charge is 0.250 e. The SMILES string of the molecule is Cc1ccc(-c2csc(NC(=S)NC(=O)C=Cc3ccccc3)n2)cc1. The van der Waals surface area contributed by atoms with Crippen molar-refractivity contribution < 1.29 is 4.79 Å². The lowest BCUT2D eigenvalue weighted by Gasteiger charge is -2.04. The Kier molecular flexibility index (Phi) is 5.88. The number of nitrogens with zero attached hydrogens (tertiary/aromatic N) is 1. The predicted octanol–water partition coefficient (Wildman–Crippen LogP) is 4.64. The first-order valence-corrected chi connectivity index (χ1v) is 9.26. The van der Waals surface area contributed by atoms with Crippen LogP contribution in [0.5, 0.6) is 0 Å². The zero-order valence-corrected chi connectivity index (χ0v) is 15.7. The van der Waals surface area contributed by atoms with Crippen molar-refractivity contribution in [2.75, 3.05) is 5.32 Å². The van der Waals surface area contributed by atoms with Crippen LogP contribution >= 0.6 is 23.6 Å². The number of rotatable bonds is 4. The fraction of sp³-hybridized carbons (Fsp3) is 0.0500. The minimum Gasteiger partial charge on any atom is -0.308 e. The predicted molar refractivity (Wildman–Crippen MR) is 112 cm³/mol. The summed E-state index contributed by atoms with van der Waals surface area (Å²) in [4.78, 5) is 16.4. The van der Waals surface area contributed by atoms with Gasteiger partial charge in [-0.1, -0.05) is 60.2 Å². The van der Waals surface area contributed by atoms with Crippen molar-refractivity contribution in [3.05, 3.63) is 77.2 Å². The third-order valence-corrected chi connectivity index (χ3v) is 4.50. The number of thiazole rings is 1. The average Bonchev–Trinajstić information content (AvgIpc) is 3.09. The van der Waals surface area contributed by atoms with Gasteiger partial charge in [0.1, 0.15) is 0 Å². The molecule has 3 aromatic rings. The highest BCUT2D eigenvalue weighted by molar-refractivity contribution is 7.80. The maximum Gasteiger partial charge on any atom is 0.250 e. The Morgan fingerprint density at radius 2 is 1.85 bits per heavy atom. The van der Waals surface area contributed by atoms with E-state index in [1.807, 2.05) is 66.9 Å². The van der Waals surface area contributed by atoms with Crippen LogP contribution in [-0.4, -0.2) is 16.0 Å². The lowest BCUT2D eigenvalue weighted by Crippen LogP contribution is -2.32. The number of amides is 1. The minimum absolute atomic E-state index is 0.220. The summed E-state index contributed by atoms with van der Waals surface area (Å²) in [6, 6.07) is 17.7. The molecule has 2 aromatic carbocycles. The van der Waals surface area contributed by atoms with Gasteiger partial charge in [-0.15, -0.1) is 11.3 Å². The normalized spacial score (nSPS) is 10.7. The number of nitrogens with one attached hydrogen (secondary N) is 2. The molecule has 1 heterocycles. The van der Waals surface area contributed by atoms with Gasteiger partial charge in [0.25, 0.3) is 0 Å². The van der Waals surface area contributed by atoms with Crippen LogP contribution in [0, 0.1) is 6.92 Å². The number of thiocarbonyl (C=S) groups is 1. The van der Waals surface area contributed by atoms with Crippen molar-refractivity contribution in [3.8, 4) is 11.3 Å². The summed E-state index contributed by atoms with van der Waals surface area (Å²) in [7, 11) is 0. The molecule has 1 amide bonds. The van der Waals surface area contributed by atoms with Crippen molar-refractivity contribution in [1.29, 1.82) is 0 Å². The van der Waals surface area contributed by atoms with Gasteiger partial charge in [0.05, 0.1) is 5.69 Å². The van der Waals surface area contributed by atoms with E-state index in [1.165, 1.54) is 23.0 Å². The van der Waals surface area contributed by atoms with E-state index < -0.39 is 0 Å². The summed E-state index contributed by atoms with van der Waals surface area (Å²) in [5, 5.41) is 8.37. The highest BCUT2D eigenvalue weighted by atomic mass is 32.1. The molecule has 0 saturated heterocycles. The highest BCUT2D eigenvalue weighted by Crippen LogP contribution is 2.25. The number of aromatic nitrogens is 1. The van der Waals surface area contributed by atoms with Crippen molar-refractivity contribution in [3.63, 3.8) is 0 Å². The molecule has 0 bridgehead atoms. The molecule has 3 rings (SSSR count). The Bertz CT molecular complexity index is 931. The van der Waals surface area contributed by atoms with Gasteiger partial charge in [-0.25, -0.2) is 4.98 Å². The van der Waals surface area contributed by atoms with Crippen LogP contribution in [0.15, 0.2) is 66.1 Å². The van der Waals surface area contributed by atoms with Crippen LogP contribution in [0.3, 0.4) is 0 Å². The molecule has 0 spiro atoms.